The molecular weight excluding hydrogens is 1820 g/mol. The van der Waals surface area contributed by atoms with E-state index in [0.29, 0.717) is 74.2 Å². The van der Waals surface area contributed by atoms with Crippen LogP contribution in [0.2, 0.25) is 0 Å². The molecule has 0 saturated carbocycles. The molecule has 0 radical (unpaired) electrons. The van der Waals surface area contributed by atoms with E-state index in [4.69, 9.17) is 75.8 Å². The number of aromatic amines is 1. The summed E-state index contributed by atoms with van der Waals surface area (Å²) in [4.78, 5) is 93.3. The second-order valence-electron chi connectivity index (χ2n) is 35.6. The van der Waals surface area contributed by atoms with Crippen LogP contribution >= 0.6 is 0 Å². The van der Waals surface area contributed by atoms with Gasteiger partial charge in [0.25, 0.3) is 0 Å². The molecule has 0 unspecified atom stereocenters. The number of carbonyl (C=O) groups excluding carboxylic acids is 6. The first-order chi connectivity index (χ1) is 70.2. The smallest absolute Gasteiger partial charge is 0.361 e. The SMILES string of the molecule is CC(C)(C)OC(=O)c1cc(OC(=O)c2cc(OC(=O)c3cc(OC(=O)c4cc(OC(=O)c5cc(OC(=O)c6cc(CCc7cccc8ccccc78)n[nH]6)c6c(c5)OC(c5ccccc5)(c5ccccc5)O6)c5c(c4)OC(c4ccccc4)(c4ccccc4)O5)c4c(c3)OC(c3ccccc3)(c3ccccc3)O4)c3c(c2)OC(c2ccccc2)(c2ccccc2)O3)c2c(c1)OC(c1ccccc1)(c1ccccc1)O2. The molecule has 1 aromatic heterocycles. The Morgan fingerprint density at radius 3 is 0.736 bits per heavy atom. The van der Waals surface area contributed by atoms with E-state index in [2.05, 4.69) is 34.5 Å². The van der Waals surface area contributed by atoms with Crippen molar-refractivity contribution >= 4 is 46.6 Å². The molecule has 0 atom stereocenters. The summed E-state index contributed by atoms with van der Waals surface area (Å²) in [7, 11) is 0. The fourth-order valence-corrected chi connectivity index (χ4v) is 18.4. The van der Waals surface area contributed by atoms with Gasteiger partial charge in [0.1, 0.15) is 11.3 Å². The Balaban J connectivity index is 0.632. The topological polar surface area (TPSA) is 279 Å². The molecule has 144 heavy (non-hydrogen) atoms. The maximum Gasteiger partial charge on any atom is 0.361 e. The standard InChI is InChI=1S/C120H82N2O22/c1-115(2,3)144-113(127)80-67-97(107-103(72-80)138-120(142-107,89-56-30-12-31-57-89)90-58-32-13-33-59-90)132-111(125)78-65-95(105-101(70-78)136-118(140-105,85-48-22-8-23-49-85)86-50-24-9-25-51-86)130-109(123)76-63-94(104-99(68-76)134-116(139-104,81-40-14-4-15-41-81)82-42-16-5-17-43-82)129-110(124)77-64-96(106-100(69-77)135-117(141-106,83-44-18-6-19-45-83)84-46-20-7-21-47-84)131-112(126)79-66-98(108-102(71-79)137-119(143-108,87-52-26-10-27-53-87)88-54-28-11-29-55-88)133-114(128)93-73-91(121-122-93)62-61-75-39-36-38-74-37-34-35-60-92(74)75/h4-60,63-73H,61-62H2,1-3H3,(H,121,122). The van der Waals surface area contributed by atoms with Crippen molar-refractivity contribution in [2.24, 2.45) is 0 Å². The van der Waals surface area contributed by atoms with E-state index in [1.165, 1.54) is 60.7 Å². The van der Waals surface area contributed by atoms with Crippen LogP contribution in [0.15, 0.2) is 413 Å². The van der Waals surface area contributed by atoms with Gasteiger partial charge in [0.2, 0.25) is 28.7 Å². The highest BCUT2D eigenvalue weighted by atomic mass is 16.8. The summed E-state index contributed by atoms with van der Waals surface area (Å²) in [6.45, 7) is 5.15. The van der Waals surface area contributed by atoms with Crippen molar-refractivity contribution in [3.05, 3.63) is 513 Å². The number of rotatable bonds is 24. The third-order valence-corrected chi connectivity index (χ3v) is 25.1. The number of benzene rings is 17. The first-order valence-electron chi connectivity index (χ1n) is 46.4. The van der Waals surface area contributed by atoms with Crippen LogP contribution < -0.4 is 71.1 Å². The number of aryl methyl sites for hydroxylation is 2. The number of fused-ring (bicyclic) bond motifs is 6. The largest absolute Gasteiger partial charge is 0.456 e. The number of H-pyrrole nitrogens is 1. The van der Waals surface area contributed by atoms with Crippen molar-refractivity contribution in [1.82, 2.24) is 10.2 Å². The molecule has 0 aliphatic carbocycles. The van der Waals surface area contributed by atoms with E-state index in [1.807, 2.05) is 176 Å². The third-order valence-electron chi connectivity index (χ3n) is 25.1. The summed E-state index contributed by atoms with van der Waals surface area (Å²) < 4.78 is 109. The van der Waals surface area contributed by atoms with Crippen molar-refractivity contribution in [1.29, 1.82) is 0 Å². The number of ether oxygens (including phenoxy) is 16. The van der Waals surface area contributed by atoms with E-state index >= 15 is 19.2 Å². The van der Waals surface area contributed by atoms with Gasteiger partial charge in [-0.15, -0.1) is 0 Å². The molecule has 0 spiro atoms. The highest BCUT2D eigenvalue weighted by Crippen LogP contribution is 2.60. The summed E-state index contributed by atoms with van der Waals surface area (Å²) in [5.41, 5.74) is 4.50. The van der Waals surface area contributed by atoms with Crippen LogP contribution in [0.1, 0.15) is 150 Å². The molecule has 5 aliphatic rings. The lowest BCUT2D eigenvalue weighted by Crippen LogP contribution is -2.36. The minimum atomic E-state index is -1.86. The summed E-state index contributed by atoms with van der Waals surface area (Å²) in [5, 5.41) is 9.58. The number of nitrogens with zero attached hydrogens (tertiary/aromatic N) is 1. The number of nitrogens with one attached hydrogen (secondary N) is 1. The lowest BCUT2D eigenvalue weighted by Gasteiger charge is -2.28. The molecule has 23 rings (SSSR count). The zero-order valence-electron chi connectivity index (χ0n) is 77.1. The molecule has 24 nitrogen and oxygen atoms in total. The molecular formula is C120H82N2O22. The summed E-state index contributed by atoms with van der Waals surface area (Å²) in [6, 6.07) is 119. The zero-order valence-corrected chi connectivity index (χ0v) is 77.1. The van der Waals surface area contributed by atoms with E-state index in [0.717, 1.165) is 16.3 Å². The van der Waals surface area contributed by atoms with Gasteiger partial charge in [-0.2, -0.15) is 5.10 Å². The molecule has 0 bridgehead atoms. The molecule has 0 saturated heterocycles. The van der Waals surface area contributed by atoms with Gasteiger partial charge in [0, 0.05) is 55.6 Å². The maximum absolute atomic E-state index is 16.3. The molecule has 6 heterocycles. The van der Waals surface area contributed by atoms with Crippen molar-refractivity contribution in [2.45, 2.75) is 68.1 Å². The Labute approximate surface area is 823 Å². The van der Waals surface area contributed by atoms with Gasteiger partial charge in [0.15, 0.2) is 57.5 Å². The average molecular weight is 1900 g/mol. The van der Waals surface area contributed by atoms with Crippen LogP contribution in [0.5, 0.6) is 86.2 Å². The number of hydrogen-bond acceptors (Lipinski definition) is 23. The fraction of sp³-hybridized carbons (Fsp3) is 0.0917. The second-order valence-corrected chi connectivity index (χ2v) is 35.6. The van der Waals surface area contributed by atoms with Crippen molar-refractivity contribution in [3.8, 4) is 86.2 Å². The first-order valence-corrected chi connectivity index (χ1v) is 46.4. The number of aromatic nitrogens is 2. The quantitative estimate of drug-likeness (QED) is 0.0434. The van der Waals surface area contributed by atoms with Gasteiger partial charge in [-0.1, -0.05) is 346 Å². The van der Waals surface area contributed by atoms with Crippen LogP contribution in [0.25, 0.3) is 10.8 Å². The molecule has 18 aromatic rings. The number of hydrogen-bond donors (Lipinski definition) is 1. The predicted octanol–water partition coefficient (Wildman–Crippen LogP) is 23.8. The average Bonchev–Trinajstić information content (AvgIpc) is 1.59. The highest BCUT2D eigenvalue weighted by Gasteiger charge is 2.54. The van der Waals surface area contributed by atoms with Gasteiger partial charge >= 0.3 is 64.8 Å². The van der Waals surface area contributed by atoms with Crippen LogP contribution in [-0.4, -0.2) is 51.6 Å². The van der Waals surface area contributed by atoms with Crippen molar-refractivity contribution < 1.29 is 105 Å². The summed E-state index contributed by atoms with van der Waals surface area (Å²) >= 11 is 0. The van der Waals surface area contributed by atoms with E-state index < -0.39 is 76.1 Å². The Kier molecular flexibility index (Phi) is 22.3. The monoisotopic (exact) mass is 1900 g/mol. The fourth-order valence-electron chi connectivity index (χ4n) is 18.4. The van der Waals surface area contributed by atoms with E-state index in [1.54, 1.807) is 172 Å². The molecule has 704 valence electrons. The van der Waals surface area contributed by atoms with Gasteiger partial charge in [0.05, 0.1) is 33.5 Å². The van der Waals surface area contributed by atoms with Crippen LogP contribution in [0.3, 0.4) is 0 Å². The normalized spacial score (nSPS) is 14.4. The Bertz CT molecular complexity index is 7850. The molecule has 24 heteroatoms. The first kappa shape index (κ1) is 89.0. The van der Waals surface area contributed by atoms with Crippen molar-refractivity contribution in [3.63, 3.8) is 0 Å². The molecule has 5 aliphatic heterocycles. The van der Waals surface area contributed by atoms with Crippen LogP contribution in [0, 0.1) is 0 Å². The van der Waals surface area contributed by atoms with E-state index in [-0.39, 0.29) is 114 Å². The molecule has 17 aromatic carbocycles. The van der Waals surface area contributed by atoms with E-state index in [9.17, 15) is 9.59 Å². The lowest BCUT2D eigenvalue weighted by atomic mass is 9.97. The minimum Gasteiger partial charge on any atom is -0.456 e. The summed E-state index contributed by atoms with van der Waals surface area (Å²) in [6.07, 6.45) is 1.07. The van der Waals surface area contributed by atoms with Gasteiger partial charge in [-0.25, -0.2) is 28.8 Å². The van der Waals surface area contributed by atoms with Crippen molar-refractivity contribution in [2.75, 3.05) is 0 Å². The van der Waals surface area contributed by atoms with Gasteiger partial charge in [-0.05, 0) is 117 Å². The number of esters is 6. The Morgan fingerprint density at radius 2 is 0.479 bits per heavy atom. The Morgan fingerprint density at radius 1 is 0.250 bits per heavy atom. The maximum atomic E-state index is 16.3. The number of carbonyl (C=O) groups is 6. The van der Waals surface area contributed by atoms with Gasteiger partial charge in [-0.3, -0.25) is 5.10 Å². The van der Waals surface area contributed by atoms with Crippen LogP contribution in [-0.2, 0) is 46.5 Å². The molecule has 0 fully saturated rings. The predicted molar refractivity (Wildman–Crippen MR) is 527 cm³/mol. The Hall–Kier alpha value is -19.0. The summed E-state index contributed by atoms with van der Waals surface area (Å²) in [5.74, 6) is -17.8. The van der Waals surface area contributed by atoms with Crippen LogP contribution in [0.4, 0.5) is 0 Å². The zero-order chi connectivity index (χ0) is 97.9. The molecule has 0 amide bonds. The van der Waals surface area contributed by atoms with Gasteiger partial charge < -0.3 is 75.8 Å². The third kappa shape index (κ3) is 16.3. The highest BCUT2D eigenvalue weighted by molar-refractivity contribution is 6.00. The molecule has 1 N–H and O–H groups in total. The second kappa shape index (κ2) is 36.1. The minimum absolute atomic E-state index is 0.0130. The lowest BCUT2D eigenvalue weighted by molar-refractivity contribution is -0.0470.